The third-order valence-electron chi connectivity index (χ3n) is 3.79. The standard InChI is InChI=1S/C17H13ClN4OS/c1-9(15(23)12-8-19-13-5-3-2-4-11(12)13)24-17-21-14-6-10(18)7-20-16(14)22-17/h2-9,19H,1H3,(H,20,21,22)/t9-/m0/s1. The van der Waals surface area contributed by atoms with Gasteiger partial charge in [0.25, 0.3) is 0 Å². The van der Waals surface area contributed by atoms with Gasteiger partial charge in [-0.2, -0.15) is 0 Å². The Bertz CT molecular complexity index is 1060. The number of fused-ring (bicyclic) bond motifs is 2. The molecule has 0 saturated carbocycles. The lowest BCUT2D eigenvalue weighted by Crippen LogP contribution is -2.13. The van der Waals surface area contributed by atoms with Crippen molar-refractivity contribution in [3.05, 3.63) is 53.3 Å². The first-order chi connectivity index (χ1) is 11.6. The highest BCUT2D eigenvalue weighted by atomic mass is 35.5. The number of carbonyl (C=O) groups excluding carboxylic acids is 1. The normalized spacial score (nSPS) is 12.8. The molecule has 3 aromatic heterocycles. The van der Waals surface area contributed by atoms with Gasteiger partial charge in [-0.15, -0.1) is 0 Å². The van der Waals surface area contributed by atoms with E-state index in [1.165, 1.54) is 11.8 Å². The number of ketones is 1. The van der Waals surface area contributed by atoms with E-state index in [0.29, 0.717) is 21.4 Å². The van der Waals surface area contributed by atoms with E-state index in [-0.39, 0.29) is 11.0 Å². The molecule has 24 heavy (non-hydrogen) atoms. The summed E-state index contributed by atoms with van der Waals surface area (Å²) in [5, 5.41) is 1.86. The average Bonchev–Trinajstić information content (AvgIpc) is 3.17. The summed E-state index contributed by atoms with van der Waals surface area (Å²) in [7, 11) is 0. The van der Waals surface area contributed by atoms with Gasteiger partial charge in [-0.25, -0.2) is 9.97 Å². The van der Waals surface area contributed by atoms with Gasteiger partial charge in [0.15, 0.2) is 16.6 Å². The summed E-state index contributed by atoms with van der Waals surface area (Å²) < 4.78 is 0. The fraction of sp³-hybridized carbons (Fsp3) is 0.118. The number of nitrogens with zero attached hydrogens (tertiary/aromatic N) is 2. The number of Topliss-reactive ketones (excluding diaryl/α,β-unsaturated/α-hetero) is 1. The molecule has 0 saturated heterocycles. The molecular formula is C17H13ClN4OS. The van der Waals surface area contributed by atoms with Crippen molar-refractivity contribution < 1.29 is 4.79 Å². The minimum absolute atomic E-state index is 0.0592. The number of hydrogen-bond donors (Lipinski definition) is 2. The van der Waals surface area contributed by atoms with Gasteiger partial charge in [0.05, 0.1) is 15.8 Å². The number of halogens is 1. The number of hydrogen-bond acceptors (Lipinski definition) is 4. The van der Waals surface area contributed by atoms with Crippen molar-refractivity contribution in [3.8, 4) is 0 Å². The van der Waals surface area contributed by atoms with E-state index < -0.39 is 0 Å². The smallest absolute Gasteiger partial charge is 0.178 e. The van der Waals surface area contributed by atoms with Crippen molar-refractivity contribution in [1.82, 2.24) is 19.9 Å². The van der Waals surface area contributed by atoms with Gasteiger partial charge in [0, 0.05) is 28.9 Å². The maximum atomic E-state index is 12.8. The van der Waals surface area contributed by atoms with Crippen LogP contribution in [0.1, 0.15) is 17.3 Å². The van der Waals surface area contributed by atoms with Gasteiger partial charge in [-0.1, -0.05) is 41.6 Å². The first-order valence-electron chi connectivity index (χ1n) is 7.40. The molecule has 0 radical (unpaired) electrons. The fourth-order valence-corrected chi connectivity index (χ4v) is 3.66. The summed E-state index contributed by atoms with van der Waals surface area (Å²) in [4.78, 5) is 27.6. The Hall–Kier alpha value is -2.31. The van der Waals surface area contributed by atoms with Crippen LogP contribution in [-0.4, -0.2) is 31.0 Å². The van der Waals surface area contributed by atoms with Crippen LogP contribution in [0.2, 0.25) is 5.02 Å². The topological polar surface area (TPSA) is 74.4 Å². The number of aromatic amines is 2. The van der Waals surface area contributed by atoms with Crippen LogP contribution in [0.25, 0.3) is 22.1 Å². The fourth-order valence-electron chi connectivity index (χ4n) is 2.62. The van der Waals surface area contributed by atoms with Gasteiger partial charge >= 0.3 is 0 Å². The predicted molar refractivity (Wildman–Crippen MR) is 96.8 cm³/mol. The summed E-state index contributed by atoms with van der Waals surface area (Å²) in [6.07, 6.45) is 3.32. The molecule has 0 aliphatic rings. The number of benzene rings is 1. The SMILES string of the molecule is C[C@H](Sc1nc2ncc(Cl)cc2[nH]1)C(=O)c1c[nH]c2ccccc12. The van der Waals surface area contributed by atoms with Crippen molar-refractivity contribution in [2.45, 2.75) is 17.3 Å². The van der Waals surface area contributed by atoms with Crippen molar-refractivity contribution in [3.63, 3.8) is 0 Å². The molecule has 120 valence electrons. The van der Waals surface area contributed by atoms with Crippen molar-refractivity contribution in [2.75, 3.05) is 0 Å². The number of pyridine rings is 1. The van der Waals surface area contributed by atoms with Gasteiger partial charge in [0.2, 0.25) is 0 Å². The molecule has 2 N–H and O–H groups in total. The first-order valence-corrected chi connectivity index (χ1v) is 8.66. The van der Waals surface area contributed by atoms with E-state index in [1.807, 2.05) is 31.2 Å². The van der Waals surface area contributed by atoms with Crippen LogP contribution in [0.3, 0.4) is 0 Å². The van der Waals surface area contributed by atoms with Crippen LogP contribution in [0.4, 0.5) is 0 Å². The number of para-hydroxylation sites is 1. The molecule has 0 aliphatic heterocycles. The number of H-pyrrole nitrogens is 2. The molecule has 0 aliphatic carbocycles. The maximum absolute atomic E-state index is 12.8. The van der Waals surface area contributed by atoms with E-state index in [0.717, 1.165) is 16.4 Å². The maximum Gasteiger partial charge on any atom is 0.178 e. The largest absolute Gasteiger partial charge is 0.360 e. The molecule has 5 nitrogen and oxygen atoms in total. The Labute approximate surface area is 146 Å². The van der Waals surface area contributed by atoms with Gasteiger partial charge in [0.1, 0.15) is 0 Å². The second kappa shape index (κ2) is 5.96. The monoisotopic (exact) mass is 356 g/mol. The summed E-state index contributed by atoms with van der Waals surface area (Å²) in [6, 6.07) is 9.55. The highest BCUT2D eigenvalue weighted by Crippen LogP contribution is 2.28. The molecule has 4 rings (SSSR count). The third-order valence-corrected chi connectivity index (χ3v) is 4.99. The first kappa shape index (κ1) is 15.2. The molecule has 0 amide bonds. The highest BCUT2D eigenvalue weighted by Gasteiger charge is 2.21. The van der Waals surface area contributed by atoms with Crippen LogP contribution in [0, 0.1) is 0 Å². The van der Waals surface area contributed by atoms with E-state index in [1.54, 1.807) is 18.5 Å². The number of aromatic nitrogens is 4. The number of nitrogens with one attached hydrogen (secondary N) is 2. The quantitative estimate of drug-likeness (QED) is 0.418. The molecule has 0 unspecified atom stereocenters. The zero-order valence-corrected chi connectivity index (χ0v) is 14.3. The van der Waals surface area contributed by atoms with E-state index >= 15 is 0 Å². The molecule has 0 spiro atoms. The van der Waals surface area contributed by atoms with E-state index in [4.69, 9.17) is 11.6 Å². The Morgan fingerprint density at radius 2 is 2.12 bits per heavy atom. The number of thioether (sulfide) groups is 1. The molecule has 0 fully saturated rings. The zero-order valence-electron chi connectivity index (χ0n) is 12.7. The third kappa shape index (κ3) is 2.68. The second-order valence-electron chi connectivity index (χ2n) is 5.44. The minimum Gasteiger partial charge on any atom is -0.360 e. The lowest BCUT2D eigenvalue weighted by atomic mass is 10.1. The van der Waals surface area contributed by atoms with E-state index in [2.05, 4.69) is 19.9 Å². The van der Waals surface area contributed by atoms with E-state index in [9.17, 15) is 4.79 Å². The van der Waals surface area contributed by atoms with Gasteiger partial charge in [-0.05, 0) is 19.1 Å². The van der Waals surface area contributed by atoms with Crippen molar-refractivity contribution >= 4 is 51.2 Å². The Kier molecular flexibility index (Phi) is 3.78. The summed E-state index contributed by atoms with van der Waals surface area (Å²) in [6.45, 7) is 1.88. The molecular weight excluding hydrogens is 344 g/mol. The summed E-state index contributed by atoms with van der Waals surface area (Å²) >= 11 is 7.31. The average molecular weight is 357 g/mol. The van der Waals surface area contributed by atoms with Crippen LogP contribution in [-0.2, 0) is 0 Å². The van der Waals surface area contributed by atoms with Crippen molar-refractivity contribution in [2.24, 2.45) is 0 Å². The molecule has 3 heterocycles. The number of carbonyl (C=O) groups is 1. The zero-order chi connectivity index (χ0) is 16.7. The number of imidazole rings is 1. The molecule has 1 aromatic carbocycles. The Morgan fingerprint density at radius 1 is 1.29 bits per heavy atom. The van der Waals surface area contributed by atoms with Crippen LogP contribution >= 0.6 is 23.4 Å². The molecule has 4 aromatic rings. The van der Waals surface area contributed by atoms with Gasteiger partial charge in [-0.3, -0.25) is 4.79 Å². The van der Waals surface area contributed by atoms with Crippen LogP contribution < -0.4 is 0 Å². The predicted octanol–water partition coefficient (Wildman–Crippen LogP) is 4.46. The Morgan fingerprint density at radius 3 is 3.00 bits per heavy atom. The second-order valence-corrected chi connectivity index (χ2v) is 7.20. The summed E-state index contributed by atoms with van der Waals surface area (Å²) in [5.41, 5.74) is 3.01. The Balaban J connectivity index is 1.60. The summed E-state index contributed by atoms with van der Waals surface area (Å²) in [5.74, 6) is 0.0592. The lowest BCUT2D eigenvalue weighted by Gasteiger charge is -2.07. The molecule has 0 bridgehead atoms. The highest BCUT2D eigenvalue weighted by molar-refractivity contribution is 8.00. The van der Waals surface area contributed by atoms with Crippen molar-refractivity contribution in [1.29, 1.82) is 0 Å². The molecule has 7 heteroatoms. The van der Waals surface area contributed by atoms with Crippen LogP contribution in [0.5, 0.6) is 0 Å². The van der Waals surface area contributed by atoms with Crippen LogP contribution in [0.15, 0.2) is 47.9 Å². The molecule has 1 atom stereocenters. The minimum atomic E-state index is -0.278. The van der Waals surface area contributed by atoms with Gasteiger partial charge < -0.3 is 9.97 Å². The lowest BCUT2D eigenvalue weighted by molar-refractivity contribution is 0.0995. The number of rotatable bonds is 4.